The monoisotopic (exact) mass is 473 g/mol. The van der Waals surface area contributed by atoms with Crippen molar-refractivity contribution < 1.29 is 19.2 Å². The van der Waals surface area contributed by atoms with Gasteiger partial charge in [0.15, 0.2) is 0 Å². The van der Waals surface area contributed by atoms with Crippen LogP contribution in [0.1, 0.15) is 12.0 Å². The Morgan fingerprint density at radius 3 is 2.00 bits per heavy atom. The molecule has 4 bridgehead atoms. The summed E-state index contributed by atoms with van der Waals surface area (Å²) in [5, 5.41) is 1.56. The Kier molecular flexibility index (Phi) is 3.85. The van der Waals surface area contributed by atoms with Crippen molar-refractivity contribution in [1.82, 2.24) is 5.06 Å². The van der Waals surface area contributed by atoms with Crippen LogP contribution >= 0.6 is 46.4 Å². The molecule has 3 heterocycles. The minimum atomic E-state index is -0.961. The maximum atomic E-state index is 13.1. The lowest BCUT2D eigenvalue weighted by Gasteiger charge is -2.40. The van der Waals surface area contributed by atoms with Crippen LogP contribution in [0.25, 0.3) is 0 Å². The van der Waals surface area contributed by atoms with Crippen LogP contribution in [0.15, 0.2) is 40.4 Å². The molecule has 152 valence electrons. The number of carbonyl (C=O) groups excluding carboxylic acids is 2. The van der Waals surface area contributed by atoms with Gasteiger partial charge in [0, 0.05) is 11.8 Å². The highest BCUT2D eigenvalue weighted by atomic mass is 35.5. The quantitative estimate of drug-likeness (QED) is 0.494. The molecule has 9 heteroatoms. The van der Waals surface area contributed by atoms with Gasteiger partial charge in [-0.1, -0.05) is 53.5 Å². The summed E-state index contributed by atoms with van der Waals surface area (Å²) in [6.07, 6.45) is -0.690. The first kappa shape index (κ1) is 18.9. The van der Waals surface area contributed by atoms with Crippen LogP contribution < -0.4 is 0 Å². The molecule has 5 nitrogen and oxygen atoms in total. The molecule has 0 N–H and O–H groups in total. The Morgan fingerprint density at radius 1 is 0.966 bits per heavy atom. The van der Waals surface area contributed by atoms with E-state index in [-0.39, 0.29) is 30.3 Å². The maximum absolute atomic E-state index is 13.1. The predicted molar refractivity (Wildman–Crippen MR) is 106 cm³/mol. The number of benzene rings is 1. The zero-order valence-electron chi connectivity index (χ0n) is 14.9. The first-order valence-corrected chi connectivity index (χ1v) is 10.9. The van der Waals surface area contributed by atoms with E-state index in [9.17, 15) is 9.59 Å². The Hall–Kier alpha value is -0.820. The second kappa shape index (κ2) is 5.90. The molecule has 4 fully saturated rings. The Balaban J connectivity index is 1.32. The Bertz CT molecular complexity index is 932. The fraction of sp³-hybridized carbons (Fsp3) is 0.500. The molecule has 8 atom stereocenters. The summed E-state index contributed by atoms with van der Waals surface area (Å²) in [4.78, 5) is 29.9. The standard InChI is InChI=1S/C20H15Cl4NO4/c21-15-16(22)20(24)7-19(15,23)11-12(20)14-10-9(13(11)29-14)17(26)25(18(10)27)28-6-8-4-2-1-3-5-8/h1-5,9-14H,6-7H2/t9-,10+,11-,12+,13+,14-,19-,20-/m0/s1. The normalized spacial score (nSPS) is 46.8. The zero-order chi connectivity index (χ0) is 20.3. The third-order valence-corrected chi connectivity index (χ3v) is 9.66. The largest absolute Gasteiger partial charge is 0.373 e. The Labute approximate surface area is 186 Å². The number of imide groups is 1. The van der Waals surface area contributed by atoms with E-state index in [0.717, 1.165) is 10.6 Å². The number of allylic oxidation sites excluding steroid dienone is 2. The minimum Gasteiger partial charge on any atom is -0.373 e. The van der Waals surface area contributed by atoms with Crippen LogP contribution in [0, 0.1) is 23.7 Å². The number of alkyl halides is 2. The molecule has 5 aliphatic rings. The molecule has 2 amide bonds. The van der Waals surface area contributed by atoms with Gasteiger partial charge in [-0.3, -0.25) is 14.4 Å². The number of carbonyl (C=O) groups is 2. The molecule has 1 aromatic rings. The van der Waals surface area contributed by atoms with Gasteiger partial charge in [0.1, 0.15) is 6.61 Å². The van der Waals surface area contributed by atoms with Crippen LogP contribution in [0.5, 0.6) is 0 Å². The molecule has 1 aromatic carbocycles. The maximum Gasteiger partial charge on any atom is 0.260 e. The summed E-state index contributed by atoms with van der Waals surface area (Å²) in [6, 6.07) is 9.35. The highest BCUT2D eigenvalue weighted by molar-refractivity contribution is 6.51. The lowest BCUT2D eigenvalue weighted by Crippen LogP contribution is -2.50. The number of halogens is 4. The third-order valence-electron chi connectivity index (χ3n) is 7.17. The summed E-state index contributed by atoms with van der Waals surface area (Å²) in [5.41, 5.74) is 0.862. The highest BCUT2D eigenvalue weighted by Gasteiger charge is 2.82. The summed E-state index contributed by atoms with van der Waals surface area (Å²) in [7, 11) is 0. The molecule has 0 aromatic heterocycles. The van der Waals surface area contributed by atoms with Crippen molar-refractivity contribution in [3.63, 3.8) is 0 Å². The number of nitrogens with zero attached hydrogens (tertiary/aromatic N) is 1. The van der Waals surface area contributed by atoms with Gasteiger partial charge in [0.05, 0.1) is 43.9 Å². The number of rotatable bonds is 3. The molecule has 0 radical (unpaired) electrons. The topological polar surface area (TPSA) is 55.8 Å². The summed E-state index contributed by atoms with van der Waals surface area (Å²) < 4.78 is 6.13. The molecular weight excluding hydrogens is 460 g/mol. The summed E-state index contributed by atoms with van der Waals surface area (Å²) >= 11 is 26.7. The summed E-state index contributed by atoms with van der Waals surface area (Å²) in [5.74, 6) is -2.59. The predicted octanol–water partition coefficient (Wildman–Crippen LogP) is 3.79. The van der Waals surface area contributed by atoms with E-state index < -0.39 is 33.8 Å². The van der Waals surface area contributed by atoms with Crippen molar-refractivity contribution in [2.45, 2.75) is 35.0 Å². The molecule has 6 rings (SSSR count). The van der Waals surface area contributed by atoms with Crippen molar-refractivity contribution in [2.75, 3.05) is 0 Å². The van der Waals surface area contributed by atoms with Gasteiger partial charge in [-0.25, -0.2) is 0 Å². The van der Waals surface area contributed by atoms with Crippen molar-refractivity contribution in [1.29, 1.82) is 0 Å². The SMILES string of the molecule is O=C1[C@@H]2[C@H]3O[C@@H]([C@@H]2C(=O)N1OCc1ccccc1)[C@H]1[C@@H]3[C@@]2(Cl)C[C@@]1(Cl)C(Cl)=C2Cl. The molecule has 2 aliphatic carbocycles. The number of hydrogen-bond donors (Lipinski definition) is 0. The van der Waals surface area contributed by atoms with Gasteiger partial charge >= 0.3 is 0 Å². The van der Waals surface area contributed by atoms with Crippen LogP contribution in [-0.4, -0.2) is 38.8 Å². The van der Waals surface area contributed by atoms with Crippen molar-refractivity contribution in [3.05, 3.63) is 46.0 Å². The van der Waals surface area contributed by atoms with Crippen molar-refractivity contribution in [2.24, 2.45) is 23.7 Å². The first-order chi connectivity index (χ1) is 13.8. The van der Waals surface area contributed by atoms with Crippen molar-refractivity contribution in [3.8, 4) is 0 Å². The van der Waals surface area contributed by atoms with E-state index in [1.54, 1.807) is 0 Å². The Morgan fingerprint density at radius 2 is 1.48 bits per heavy atom. The van der Waals surface area contributed by atoms with E-state index in [4.69, 9.17) is 56.0 Å². The number of ether oxygens (including phenoxy) is 1. The van der Waals surface area contributed by atoms with E-state index in [1.807, 2.05) is 30.3 Å². The van der Waals surface area contributed by atoms with Crippen LogP contribution in [0.4, 0.5) is 0 Å². The first-order valence-electron chi connectivity index (χ1n) is 9.43. The molecule has 0 spiro atoms. The molecule has 3 aliphatic heterocycles. The average molecular weight is 475 g/mol. The van der Waals surface area contributed by atoms with E-state index in [1.165, 1.54) is 0 Å². The fourth-order valence-electron chi connectivity index (χ4n) is 6.11. The third kappa shape index (κ3) is 2.12. The number of fused-ring (bicyclic) bond motifs is 12. The molecule has 29 heavy (non-hydrogen) atoms. The molecule has 0 unspecified atom stereocenters. The van der Waals surface area contributed by atoms with Crippen molar-refractivity contribution >= 4 is 58.2 Å². The van der Waals surface area contributed by atoms with Crippen LogP contribution in [-0.2, 0) is 25.8 Å². The zero-order valence-corrected chi connectivity index (χ0v) is 17.9. The van der Waals surface area contributed by atoms with Crippen LogP contribution in [0.2, 0.25) is 0 Å². The molecule has 3 saturated heterocycles. The van der Waals surface area contributed by atoms with Gasteiger partial charge in [-0.05, 0) is 12.0 Å². The van der Waals surface area contributed by atoms with E-state index in [2.05, 4.69) is 0 Å². The van der Waals surface area contributed by atoms with Gasteiger partial charge in [-0.15, -0.1) is 23.2 Å². The lowest BCUT2D eigenvalue weighted by molar-refractivity contribution is -0.196. The second-order valence-corrected chi connectivity index (χ2v) is 10.5. The van der Waals surface area contributed by atoms with Gasteiger partial charge in [0.2, 0.25) is 0 Å². The number of amides is 2. The van der Waals surface area contributed by atoms with Crippen LogP contribution in [0.3, 0.4) is 0 Å². The number of hydroxylamine groups is 2. The second-order valence-electron chi connectivity index (χ2n) is 8.43. The summed E-state index contributed by atoms with van der Waals surface area (Å²) in [6.45, 7) is 0.124. The average Bonchev–Trinajstić information content (AvgIpc) is 3.43. The highest BCUT2D eigenvalue weighted by Crippen LogP contribution is 2.75. The minimum absolute atomic E-state index is 0.124. The lowest BCUT2D eigenvalue weighted by atomic mass is 9.65. The smallest absolute Gasteiger partial charge is 0.260 e. The van der Waals surface area contributed by atoms with Gasteiger partial charge in [0.25, 0.3) is 11.8 Å². The van der Waals surface area contributed by atoms with Gasteiger partial charge < -0.3 is 4.74 Å². The van der Waals surface area contributed by atoms with E-state index in [0.29, 0.717) is 16.5 Å². The molecular formula is C20H15Cl4NO4. The molecule has 1 saturated carbocycles. The fourth-order valence-corrected chi connectivity index (χ4v) is 8.12. The van der Waals surface area contributed by atoms with E-state index >= 15 is 0 Å². The number of hydrogen-bond acceptors (Lipinski definition) is 4. The van der Waals surface area contributed by atoms with Gasteiger partial charge in [-0.2, -0.15) is 5.06 Å².